The van der Waals surface area contributed by atoms with Crippen LogP contribution in [0.15, 0.2) is 29.3 Å². The molecule has 1 aliphatic heterocycles. The minimum Gasteiger partial charge on any atom is -0.379 e. The second kappa shape index (κ2) is 16.7. The third-order valence-corrected chi connectivity index (χ3v) is 4.83. The Hall–Kier alpha value is -0.940. The summed E-state index contributed by atoms with van der Waals surface area (Å²) in [5.74, 6) is 0.853. The Kier molecular flexibility index (Phi) is 15.1. The first kappa shape index (κ1) is 27.1. The highest BCUT2D eigenvalue weighted by molar-refractivity contribution is 14.0. The maximum Gasteiger partial charge on any atom is 0.191 e. The van der Waals surface area contributed by atoms with E-state index in [-0.39, 0.29) is 24.0 Å². The molecule has 1 saturated heterocycles. The number of nitrogens with zero attached hydrogens (tertiary/aromatic N) is 2. The molecule has 0 aromatic heterocycles. The number of hydrogen-bond donors (Lipinski definition) is 2. The van der Waals surface area contributed by atoms with Gasteiger partial charge in [-0.15, -0.1) is 24.0 Å². The fourth-order valence-electron chi connectivity index (χ4n) is 3.17. The van der Waals surface area contributed by atoms with Gasteiger partial charge in [0.1, 0.15) is 0 Å². The zero-order valence-corrected chi connectivity index (χ0v) is 21.0. The summed E-state index contributed by atoms with van der Waals surface area (Å²) in [5.41, 5.74) is 2.34. The number of guanidine groups is 1. The molecule has 1 aromatic rings. The molecule has 0 bridgehead atoms. The first-order chi connectivity index (χ1) is 14.2. The van der Waals surface area contributed by atoms with Crippen molar-refractivity contribution in [3.63, 3.8) is 0 Å². The molecule has 0 radical (unpaired) electrons. The van der Waals surface area contributed by atoms with Crippen molar-refractivity contribution in [2.75, 3.05) is 59.2 Å². The van der Waals surface area contributed by atoms with Crippen molar-refractivity contribution in [1.82, 2.24) is 15.5 Å². The molecule has 1 unspecified atom stereocenters. The van der Waals surface area contributed by atoms with Gasteiger partial charge in [0.05, 0.1) is 39.6 Å². The Morgan fingerprint density at radius 2 is 1.87 bits per heavy atom. The zero-order valence-electron chi connectivity index (χ0n) is 18.7. The third-order valence-electron chi connectivity index (χ3n) is 4.83. The minimum atomic E-state index is 0. The Balaban J connectivity index is 0.00000450. The predicted molar refractivity (Wildman–Crippen MR) is 133 cm³/mol. The molecule has 0 saturated carbocycles. The van der Waals surface area contributed by atoms with Gasteiger partial charge in [-0.2, -0.15) is 0 Å². The molecule has 1 atom stereocenters. The highest BCUT2D eigenvalue weighted by Gasteiger charge is 2.16. The van der Waals surface area contributed by atoms with Gasteiger partial charge in [0.2, 0.25) is 0 Å². The Morgan fingerprint density at radius 3 is 2.60 bits per heavy atom. The molecule has 0 aliphatic carbocycles. The summed E-state index contributed by atoms with van der Waals surface area (Å²) in [6.07, 6.45) is 0. The molecule has 1 fully saturated rings. The van der Waals surface area contributed by atoms with Crippen molar-refractivity contribution in [3.05, 3.63) is 35.4 Å². The van der Waals surface area contributed by atoms with E-state index in [4.69, 9.17) is 19.2 Å². The van der Waals surface area contributed by atoms with E-state index in [1.54, 1.807) is 0 Å². The molecule has 30 heavy (non-hydrogen) atoms. The summed E-state index contributed by atoms with van der Waals surface area (Å²) in [7, 11) is 0. The summed E-state index contributed by atoms with van der Waals surface area (Å²) in [6.45, 7) is 14.9. The number of ether oxygens (including phenoxy) is 3. The molecule has 1 aliphatic rings. The number of aliphatic imine (C=N–C) groups is 1. The molecule has 0 amide bonds. The molecular formula is C22H39IN4O3. The Morgan fingerprint density at radius 1 is 1.13 bits per heavy atom. The van der Waals surface area contributed by atoms with Gasteiger partial charge in [-0.1, -0.05) is 24.3 Å². The molecule has 2 N–H and O–H groups in total. The van der Waals surface area contributed by atoms with Crippen molar-refractivity contribution in [2.24, 2.45) is 4.99 Å². The topological polar surface area (TPSA) is 67.4 Å². The van der Waals surface area contributed by atoms with Gasteiger partial charge in [-0.3, -0.25) is 4.90 Å². The summed E-state index contributed by atoms with van der Waals surface area (Å²) in [6, 6.07) is 8.85. The highest BCUT2D eigenvalue weighted by atomic mass is 127. The quantitative estimate of drug-likeness (QED) is 0.186. The van der Waals surface area contributed by atoms with Gasteiger partial charge in [0.25, 0.3) is 0 Å². The number of halogens is 1. The largest absolute Gasteiger partial charge is 0.379 e. The molecule has 8 heteroatoms. The van der Waals surface area contributed by atoms with E-state index >= 15 is 0 Å². The molecule has 1 aromatic carbocycles. The monoisotopic (exact) mass is 534 g/mol. The summed E-state index contributed by atoms with van der Waals surface area (Å²) >= 11 is 0. The van der Waals surface area contributed by atoms with Crippen molar-refractivity contribution in [2.45, 2.75) is 40.0 Å². The van der Waals surface area contributed by atoms with E-state index in [1.165, 1.54) is 5.56 Å². The van der Waals surface area contributed by atoms with E-state index < -0.39 is 0 Å². The molecule has 1 heterocycles. The van der Waals surface area contributed by atoms with Crippen LogP contribution in [-0.2, 0) is 27.4 Å². The average Bonchev–Trinajstić information content (AvgIpc) is 2.76. The van der Waals surface area contributed by atoms with Gasteiger partial charge in [-0.25, -0.2) is 4.99 Å². The lowest BCUT2D eigenvalue weighted by atomic mass is 10.1. The number of rotatable bonds is 12. The van der Waals surface area contributed by atoms with E-state index in [0.29, 0.717) is 32.4 Å². The SMILES string of the molecule is CCNC(=NCc1cccc(COCCOCC)c1)NCC(C)N1CCOCC1.I. The lowest BCUT2D eigenvalue weighted by Crippen LogP contribution is -2.49. The van der Waals surface area contributed by atoms with E-state index in [9.17, 15) is 0 Å². The molecule has 2 rings (SSSR count). The van der Waals surface area contributed by atoms with Crippen LogP contribution in [0.4, 0.5) is 0 Å². The fourth-order valence-corrected chi connectivity index (χ4v) is 3.17. The van der Waals surface area contributed by atoms with Crippen molar-refractivity contribution >= 4 is 29.9 Å². The van der Waals surface area contributed by atoms with Crippen LogP contribution >= 0.6 is 24.0 Å². The van der Waals surface area contributed by atoms with Gasteiger partial charge in [0, 0.05) is 38.8 Å². The van der Waals surface area contributed by atoms with Crippen LogP contribution in [0, 0.1) is 0 Å². The fraction of sp³-hybridized carbons (Fsp3) is 0.682. The van der Waals surface area contributed by atoms with Crippen LogP contribution in [0.3, 0.4) is 0 Å². The van der Waals surface area contributed by atoms with Gasteiger partial charge >= 0.3 is 0 Å². The van der Waals surface area contributed by atoms with E-state index in [2.05, 4.69) is 53.6 Å². The first-order valence-corrected chi connectivity index (χ1v) is 10.8. The van der Waals surface area contributed by atoms with Crippen molar-refractivity contribution < 1.29 is 14.2 Å². The summed E-state index contributed by atoms with van der Waals surface area (Å²) < 4.78 is 16.4. The molecule has 0 spiro atoms. The van der Waals surface area contributed by atoms with Crippen LogP contribution in [0.2, 0.25) is 0 Å². The second-order valence-electron chi connectivity index (χ2n) is 7.14. The standard InChI is InChI=1S/C22H38N4O3.HI/c1-4-23-22(24-16-19(3)26-9-11-28-12-10-26)25-17-20-7-6-8-21(15-20)18-29-14-13-27-5-2;/h6-8,15,19H,4-5,9-14,16-18H2,1-3H3,(H2,23,24,25);1H. The zero-order chi connectivity index (χ0) is 20.7. The normalized spacial score (nSPS) is 16.0. The Bertz CT molecular complexity index is 598. The number of nitrogens with one attached hydrogen (secondary N) is 2. The number of benzene rings is 1. The average molecular weight is 534 g/mol. The number of hydrogen-bond acceptors (Lipinski definition) is 5. The van der Waals surface area contributed by atoms with Crippen molar-refractivity contribution in [1.29, 1.82) is 0 Å². The van der Waals surface area contributed by atoms with Crippen LogP contribution in [0.25, 0.3) is 0 Å². The summed E-state index contributed by atoms with van der Waals surface area (Å²) in [4.78, 5) is 7.21. The second-order valence-corrected chi connectivity index (χ2v) is 7.14. The highest BCUT2D eigenvalue weighted by Crippen LogP contribution is 2.08. The molecular weight excluding hydrogens is 495 g/mol. The Labute approximate surface area is 199 Å². The van der Waals surface area contributed by atoms with Gasteiger partial charge in [0.15, 0.2) is 5.96 Å². The van der Waals surface area contributed by atoms with Crippen molar-refractivity contribution in [3.8, 4) is 0 Å². The summed E-state index contributed by atoms with van der Waals surface area (Å²) in [5, 5.41) is 6.81. The lowest BCUT2D eigenvalue weighted by Gasteiger charge is -2.32. The smallest absolute Gasteiger partial charge is 0.191 e. The maximum absolute atomic E-state index is 5.66. The lowest BCUT2D eigenvalue weighted by molar-refractivity contribution is 0.0211. The third kappa shape index (κ3) is 10.9. The van der Waals surface area contributed by atoms with E-state index in [0.717, 1.165) is 57.5 Å². The van der Waals surface area contributed by atoms with E-state index in [1.807, 2.05) is 6.92 Å². The predicted octanol–water partition coefficient (Wildman–Crippen LogP) is 2.63. The minimum absolute atomic E-state index is 0. The first-order valence-electron chi connectivity index (χ1n) is 10.8. The van der Waals surface area contributed by atoms with Gasteiger partial charge in [-0.05, 0) is 31.9 Å². The van der Waals surface area contributed by atoms with Gasteiger partial charge < -0.3 is 24.8 Å². The molecule has 7 nitrogen and oxygen atoms in total. The van der Waals surface area contributed by atoms with Crippen LogP contribution < -0.4 is 10.6 Å². The maximum atomic E-state index is 5.66. The van der Waals surface area contributed by atoms with Crippen LogP contribution in [-0.4, -0.2) is 76.1 Å². The van der Waals surface area contributed by atoms with Crippen LogP contribution in [0.1, 0.15) is 31.9 Å². The van der Waals surface area contributed by atoms with Crippen LogP contribution in [0.5, 0.6) is 0 Å². The molecule has 172 valence electrons. The number of morpholine rings is 1.